The Balaban J connectivity index is 1.71. The van der Waals surface area contributed by atoms with Crippen molar-refractivity contribution in [2.45, 2.75) is 44.6 Å². The van der Waals surface area contributed by atoms with Crippen molar-refractivity contribution in [1.29, 1.82) is 0 Å². The molecule has 0 aromatic heterocycles. The van der Waals surface area contributed by atoms with Crippen molar-refractivity contribution >= 4 is 5.91 Å². The molecule has 3 rings (SSSR count). The summed E-state index contributed by atoms with van der Waals surface area (Å²) in [5.74, 6) is 1.39. The number of nitrogens with zero attached hydrogens (tertiary/aromatic N) is 1. The molecule has 4 heteroatoms. The normalized spacial score (nSPS) is 20.6. The smallest absolute Gasteiger partial charge is 0.223 e. The van der Waals surface area contributed by atoms with E-state index in [1.807, 2.05) is 12.1 Å². The molecule has 1 heterocycles. The molecular formula is C19H28N2O2. The van der Waals surface area contributed by atoms with Gasteiger partial charge in [-0.3, -0.25) is 9.69 Å². The van der Waals surface area contributed by atoms with Crippen LogP contribution in [0.25, 0.3) is 0 Å². The second-order valence-electron chi connectivity index (χ2n) is 6.76. The standard InChI is InChI=1S/C19H28N2O2/c1-23-17-10-8-15(9-11-17)18(14-20-19(22)16-6-7-16)21-12-4-2-3-5-13-21/h8-11,16,18H,2-7,12-14H2,1H3,(H,20,22). The molecule has 1 aliphatic carbocycles. The maximum absolute atomic E-state index is 12.0. The minimum Gasteiger partial charge on any atom is -0.497 e. The molecule has 2 fully saturated rings. The van der Waals surface area contributed by atoms with Crippen LogP contribution in [0.5, 0.6) is 5.75 Å². The first-order chi connectivity index (χ1) is 11.3. The summed E-state index contributed by atoms with van der Waals surface area (Å²) in [6, 6.07) is 8.57. The number of carbonyl (C=O) groups excluding carboxylic acids is 1. The minimum atomic E-state index is 0.235. The molecule has 1 unspecified atom stereocenters. The number of hydrogen-bond acceptors (Lipinski definition) is 3. The average Bonchev–Trinajstić information content (AvgIpc) is 3.43. The van der Waals surface area contributed by atoms with Crippen LogP contribution in [-0.4, -0.2) is 37.6 Å². The van der Waals surface area contributed by atoms with Gasteiger partial charge in [0, 0.05) is 12.5 Å². The molecule has 4 nitrogen and oxygen atoms in total. The van der Waals surface area contributed by atoms with Gasteiger partial charge in [0.15, 0.2) is 0 Å². The van der Waals surface area contributed by atoms with Crippen molar-refractivity contribution in [2.24, 2.45) is 5.92 Å². The molecule has 1 atom stereocenters. The van der Waals surface area contributed by atoms with Gasteiger partial charge in [0.05, 0.1) is 13.2 Å². The van der Waals surface area contributed by atoms with Gasteiger partial charge in [-0.15, -0.1) is 0 Å². The van der Waals surface area contributed by atoms with Crippen molar-refractivity contribution in [1.82, 2.24) is 10.2 Å². The van der Waals surface area contributed by atoms with Crippen molar-refractivity contribution < 1.29 is 9.53 Å². The van der Waals surface area contributed by atoms with E-state index >= 15 is 0 Å². The summed E-state index contributed by atoms with van der Waals surface area (Å²) in [5.41, 5.74) is 1.27. The molecule has 1 aliphatic heterocycles. The summed E-state index contributed by atoms with van der Waals surface area (Å²) >= 11 is 0. The topological polar surface area (TPSA) is 41.6 Å². The molecule has 1 amide bonds. The molecule has 1 saturated carbocycles. The highest BCUT2D eigenvalue weighted by atomic mass is 16.5. The Morgan fingerprint density at radius 1 is 1.17 bits per heavy atom. The Labute approximate surface area is 139 Å². The number of hydrogen-bond donors (Lipinski definition) is 1. The van der Waals surface area contributed by atoms with E-state index in [1.165, 1.54) is 31.2 Å². The lowest BCUT2D eigenvalue weighted by Gasteiger charge is -2.31. The van der Waals surface area contributed by atoms with Crippen LogP contribution in [0.1, 0.15) is 50.1 Å². The molecule has 1 N–H and O–H groups in total. The van der Waals surface area contributed by atoms with E-state index in [2.05, 4.69) is 22.3 Å². The lowest BCUT2D eigenvalue weighted by Crippen LogP contribution is -2.39. The Morgan fingerprint density at radius 2 is 1.83 bits per heavy atom. The lowest BCUT2D eigenvalue weighted by molar-refractivity contribution is -0.122. The highest BCUT2D eigenvalue weighted by molar-refractivity contribution is 5.80. The number of rotatable bonds is 6. The molecule has 126 valence electrons. The predicted molar refractivity (Wildman–Crippen MR) is 91.5 cm³/mol. The zero-order valence-electron chi connectivity index (χ0n) is 14.1. The van der Waals surface area contributed by atoms with E-state index in [9.17, 15) is 4.79 Å². The molecule has 0 radical (unpaired) electrons. The second kappa shape index (κ2) is 7.82. The first kappa shape index (κ1) is 16.3. The van der Waals surface area contributed by atoms with Gasteiger partial charge in [0.1, 0.15) is 5.75 Å². The maximum Gasteiger partial charge on any atom is 0.223 e. The van der Waals surface area contributed by atoms with Gasteiger partial charge in [0.25, 0.3) is 0 Å². The van der Waals surface area contributed by atoms with Gasteiger partial charge in [-0.2, -0.15) is 0 Å². The third kappa shape index (κ3) is 4.47. The van der Waals surface area contributed by atoms with Crippen LogP contribution in [0.4, 0.5) is 0 Å². The Bertz CT molecular complexity index is 503. The monoisotopic (exact) mass is 316 g/mol. The molecule has 0 bridgehead atoms. The largest absolute Gasteiger partial charge is 0.497 e. The Morgan fingerprint density at radius 3 is 2.39 bits per heavy atom. The summed E-state index contributed by atoms with van der Waals surface area (Å²) in [6.07, 6.45) is 7.26. The number of methoxy groups -OCH3 is 1. The van der Waals surface area contributed by atoms with E-state index in [-0.39, 0.29) is 17.9 Å². The fourth-order valence-electron chi connectivity index (χ4n) is 3.38. The molecule has 23 heavy (non-hydrogen) atoms. The predicted octanol–water partition coefficient (Wildman–Crippen LogP) is 3.14. The van der Waals surface area contributed by atoms with Gasteiger partial charge in [0.2, 0.25) is 5.91 Å². The summed E-state index contributed by atoms with van der Waals surface area (Å²) in [4.78, 5) is 14.6. The van der Waals surface area contributed by atoms with Crippen LogP contribution in [-0.2, 0) is 4.79 Å². The SMILES string of the molecule is COc1ccc(C(CNC(=O)C2CC2)N2CCCCCC2)cc1. The highest BCUT2D eigenvalue weighted by Gasteiger charge is 2.30. The van der Waals surface area contributed by atoms with E-state index < -0.39 is 0 Å². The lowest BCUT2D eigenvalue weighted by atomic mass is 10.0. The first-order valence-corrected chi connectivity index (χ1v) is 8.93. The number of benzene rings is 1. The van der Waals surface area contributed by atoms with Crippen molar-refractivity contribution in [3.63, 3.8) is 0 Å². The fraction of sp³-hybridized carbons (Fsp3) is 0.632. The van der Waals surface area contributed by atoms with Crippen LogP contribution in [0.15, 0.2) is 24.3 Å². The van der Waals surface area contributed by atoms with Crippen LogP contribution < -0.4 is 10.1 Å². The summed E-state index contributed by atoms with van der Waals surface area (Å²) in [5, 5.41) is 3.18. The van der Waals surface area contributed by atoms with Crippen molar-refractivity contribution in [3.8, 4) is 5.75 Å². The number of nitrogens with one attached hydrogen (secondary N) is 1. The quantitative estimate of drug-likeness (QED) is 0.876. The summed E-state index contributed by atoms with van der Waals surface area (Å²) in [7, 11) is 1.69. The molecule has 1 saturated heterocycles. The summed E-state index contributed by atoms with van der Waals surface area (Å²) in [6.45, 7) is 2.95. The fourth-order valence-corrected chi connectivity index (χ4v) is 3.38. The molecule has 1 aromatic carbocycles. The van der Waals surface area contributed by atoms with Crippen LogP contribution in [0.3, 0.4) is 0 Å². The third-order valence-corrected chi connectivity index (χ3v) is 5.00. The summed E-state index contributed by atoms with van der Waals surface area (Å²) < 4.78 is 5.27. The molecule has 2 aliphatic rings. The Hall–Kier alpha value is -1.55. The van der Waals surface area contributed by atoms with Crippen LogP contribution in [0.2, 0.25) is 0 Å². The zero-order chi connectivity index (χ0) is 16.1. The maximum atomic E-state index is 12.0. The van der Waals surface area contributed by atoms with Crippen molar-refractivity contribution in [2.75, 3.05) is 26.7 Å². The number of likely N-dealkylation sites (tertiary alicyclic amines) is 1. The number of amides is 1. The van der Waals surface area contributed by atoms with Crippen molar-refractivity contribution in [3.05, 3.63) is 29.8 Å². The van der Waals surface area contributed by atoms with E-state index in [4.69, 9.17) is 4.74 Å². The van der Waals surface area contributed by atoms with Gasteiger partial charge in [-0.25, -0.2) is 0 Å². The molecular weight excluding hydrogens is 288 g/mol. The average molecular weight is 316 g/mol. The third-order valence-electron chi connectivity index (χ3n) is 5.00. The second-order valence-corrected chi connectivity index (χ2v) is 6.76. The van der Waals surface area contributed by atoms with E-state index in [1.54, 1.807) is 7.11 Å². The first-order valence-electron chi connectivity index (χ1n) is 8.93. The molecule has 1 aromatic rings. The highest BCUT2D eigenvalue weighted by Crippen LogP contribution is 2.30. The van der Waals surface area contributed by atoms with Crippen LogP contribution >= 0.6 is 0 Å². The number of ether oxygens (including phenoxy) is 1. The molecule has 0 spiro atoms. The van der Waals surface area contributed by atoms with Gasteiger partial charge < -0.3 is 10.1 Å². The Kier molecular flexibility index (Phi) is 5.55. The van der Waals surface area contributed by atoms with E-state index in [0.29, 0.717) is 6.54 Å². The van der Waals surface area contributed by atoms with Gasteiger partial charge in [-0.05, 0) is 56.5 Å². The van der Waals surface area contributed by atoms with Crippen LogP contribution in [0, 0.1) is 5.92 Å². The minimum absolute atomic E-state index is 0.235. The number of carbonyl (C=O) groups is 1. The van der Waals surface area contributed by atoms with Gasteiger partial charge >= 0.3 is 0 Å². The zero-order valence-corrected chi connectivity index (χ0v) is 14.1. The van der Waals surface area contributed by atoms with E-state index in [0.717, 1.165) is 31.7 Å². The van der Waals surface area contributed by atoms with Gasteiger partial charge in [-0.1, -0.05) is 25.0 Å².